The van der Waals surface area contributed by atoms with Gasteiger partial charge in [0.1, 0.15) is 0 Å². The first-order chi connectivity index (χ1) is 7.95. The third-order valence-electron chi connectivity index (χ3n) is 2.64. The molecular formula is C14H10N2. The van der Waals surface area contributed by atoms with Crippen molar-refractivity contribution < 1.29 is 0 Å². The second kappa shape index (κ2) is 3.74. The summed E-state index contributed by atoms with van der Waals surface area (Å²) in [5.74, 6) is 0. The average molecular weight is 206 g/mol. The highest BCUT2D eigenvalue weighted by molar-refractivity contribution is 5.82. The summed E-state index contributed by atoms with van der Waals surface area (Å²) >= 11 is 0. The molecule has 0 atom stereocenters. The lowest BCUT2D eigenvalue weighted by Crippen LogP contribution is -1.84. The van der Waals surface area contributed by atoms with Gasteiger partial charge < -0.3 is 0 Å². The Kier molecular flexibility index (Phi) is 2.11. The Morgan fingerprint density at radius 1 is 0.750 bits per heavy atom. The van der Waals surface area contributed by atoms with Gasteiger partial charge in [0.25, 0.3) is 0 Å². The van der Waals surface area contributed by atoms with Gasteiger partial charge in [0.2, 0.25) is 0 Å². The molecule has 0 unspecified atom stereocenters. The molecule has 0 aromatic heterocycles. The smallest absolute Gasteiger partial charge is 0.0935 e. The standard InChI is InChI=1S/C14H10N2/c1-2-6-12-11(5-1)9-10-15-16-14-8-4-3-7-13(12)14/h1-10H/b10-9-,11-9?,13-12?,15-10?,16-14?,16-15?. The van der Waals surface area contributed by atoms with Crippen molar-refractivity contribution in [3.63, 3.8) is 0 Å². The highest BCUT2D eigenvalue weighted by Gasteiger charge is 2.08. The van der Waals surface area contributed by atoms with Crippen LogP contribution in [0.3, 0.4) is 0 Å². The summed E-state index contributed by atoms with van der Waals surface area (Å²) in [7, 11) is 0. The molecule has 0 amide bonds. The van der Waals surface area contributed by atoms with E-state index in [1.807, 2.05) is 36.4 Å². The van der Waals surface area contributed by atoms with Gasteiger partial charge in [0.15, 0.2) is 0 Å². The van der Waals surface area contributed by atoms with Crippen LogP contribution in [-0.4, -0.2) is 0 Å². The van der Waals surface area contributed by atoms with E-state index in [0.717, 1.165) is 11.3 Å². The summed E-state index contributed by atoms with van der Waals surface area (Å²) in [5.41, 5.74) is 4.42. The maximum Gasteiger partial charge on any atom is 0.0935 e. The van der Waals surface area contributed by atoms with Gasteiger partial charge in [-0.25, -0.2) is 0 Å². The highest BCUT2D eigenvalue weighted by atomic mass is 15.1. The number of benzene rings is 2. The minimum atomic E-state index is 0.916. The van der Waals surface area contributed by atoms with Gasteiger partial charge in [0.05, 0.1) is 11.9 Å². The van der Waals surface area contributed by atoms with E-state index in [4.69, 9.17) is 0 Å². The van der Waals surface area contributed by atoms with Crippen molar-refractivity contribution in [1.82, 2.24) is 0 Å². The van der Waals surface area contributed by atoms with Crippen LogP contribution in [0, 0.1) is 0 Å². The highest BCUT2D eigenvalue weighted by Crippen LogP contribution is 2.34. The van der Waals surface area contributed by atoms with E-state index in [1.54, 1.807) is 6.20 Å². The van der Waals surface area contributed by atoms with Gasteiger partial charge in [-0.3, -0.25) is 0 Å². The van der Waals surface area contributed by atoms with Crippen molar-refractivity contribution >= 4 is 11.8 Å². The number of hydrogen-bond donors (Lipinski definition) is 0. The Balaban J connectivity index is 2.34. The van der Waals surface area contributed by atoms with Crippen LogP contribution in [0.15, 0.2) is 65.0 Å². The topological polar surface area (TPSA) is 24.7 Å². The van der Waals surface area contributed by atoms with Gasteiger partial charge >= 0.3 is 0 Å². The third-order valence-corrected chi connectivity index (χ3v) is 2.64. The molecule has 0 radical (unpaired) electrons. The van der Waals surface area contributed by atoms with Crippen molar-refractivity contribution in [2.24, 2.45) is 10.2 Å². The fraction of sp³-hybridized carbons (Fsp3) is 0. The monoisotopic (exact) mass is 206 g/mol. The largest absolute Gasteiger partial charge is 0.159 e. The summed E-state index contributed by atoms with van der Waals surface area (Å²) in [6, 6.07) is 16.3. The number of nitrogens with zero attached hydrogens (tertiary/aromatic N) is 2. The Bertz CT molecular complexity index is 529. The first-order valence-corrected chi connectivity index (χ1v) is 5.21. The maximum atomic E-state index is 4.18. The van der Waals surface area contributed by atoms with Crippen LogP contribution in [0.5, 0.6) is 0 Å². The van der Waals surface area contributed by atoms with Gasteiger partial charge in [0, 0.05) is 5.56 Å². The zero-order valence-electron chi connectivity index (χ0n) is 8.67. The fourth-order valence-corrected chi connectivity index (χ4v) is 1.89. The number of azo groups is 1. The second-order valence-corrected chi connectivity index (χ2v) is 3.64. The molecule has 2 aromatic rings. The van der Waals surface area contributed by atoms with Gasteiger partial charge in [-0.1, -0.05) is 42.5 Å². The minimum Gasteiger partial charge on any atom is -0.159 e. The van der Waals surface area contributed by atoms with Crippen LogP contribution in [-0.2, 0) is 0 Å². The Labute approximate surface area is 94.0 Å². The molecular weight excluding hydrogens is 196 g/mol. The van der Waals surface area contributed by atoms with E-state index in [1.165, 1.54) is 11.1 Å². The van der Waals surface area contributed by atoms with E-state index in [-0.39, 0.29) is 0 Å². The molecule has 0 saturated carbocycles. The molecule has 0 N–H and O–H groups in total. The molecule has 2 heteroatoms. The molecule has 0 fully saturated rings. The molecule has 2 nitrogen and oxygen atoms in total. The molecule has 1 aliphatic heterocycles. The normalized spacial score (nSPS) is 14.5. The van der Waals surface area contributed by atoms with E-state index in [0.29, 0.717) is 0 Å². The van der Waals surface area contributed by atoms with Crippen LogP contribution in [0.2, 0.25) is 0 Å². The first kappa shape index (κ1) is 9.04. The predicted molar refractivity (Wildman–Crippen MR) is 65.4 cm³/mol. The molecule has 76 valence electrons. The van der Waals surface area contributed by atoms with E-state index in [2.05, 4.69) is 28.4 Å². The zero-order chi connectivity index (χ0) is 10.8. The van der Waals surface area contributed by atoms with Crippen LogP contribution >= 0.6 is 0 Å². The summed E-state index contributed by atoms with van der Waals surface area (Å²) in [6.45, 7) is 0. The molecule has 0 bridgehead atoms. The Hall–Kier alpha value is -2.22. The van der Waals surface area contributed by atoms with E-state index < -0.39 is 0 Å². The van der Waals surface area contributed by atoms with E-state index >= 15 is 0 Å². The van der Waals surface area contributed by atoms with Gasteiger partial charge in [-0.2, -0.15) is 10.2 Å². The SMILES string of the molecule is C1=C\c2ccccc2-c2ccccc2N=N/1. The van der Waals surface area contributed by atoms with Crippen molar-refractivity contribution in [2.75, 3.05) is 0 Å². The fourth-order valence-electron chi connectivity index (χ4n) is 1.89. The zero-order valence-corrected chi connectivity index (χ0v) is 8.67. The molecule has 0 aliphatic carbocycles. The van der Waals surface area contributed by atoms with Crippen LogP contribution in [0.25, 0.3) is 17.2 Å². The molecule has 3 rings (SSSR count). The first-order valence-electron chi connectivity index (χ1n) is 5.21. The molecule has 16 heavy (non-hydrogen) atoms. The van der Waals surface area contributed by atoms with Gasteiger partial charge in [-0.05, 0) is 23.3 Å². The number of hydrogen-bond acceptors (Lipinski definition) is 2. The molecule has 2 aromatic carbocycles. The summed E-state index contributed by atoms with van der Waals surface area (Å²) < 4.78 is 0. The van der Waals surface area contributed by atoms with Gasteiger partial charge in [-0.15, -0.1) is 0 Å². The Morgan fingerprint density at radius 2 is 1.50 bits per heavy atom. The summed E-state index contributed by atoms with van der Waals surface area (Å²) in [4.78, 5) is 0. The van der Waals surface area contributed by atoms with Crippen LogP contribution < -0.4 is 0 Å². The molecule has 1 heterocycles. The number of fused-ring (bicyclic) bond motifs is 3. The van der Waals surface area contributed by atoms with Crippen molar-refractivity contribution in [2.45, 2.75) is 0 Å². The van der Waals surface area contributed by atoms with Crippen molar-refractivity contribution in [1.29, 1.82) is 0 Å². The quantitative estimate of drug-likeness (QED) is 0.609. The third kappa shape index (κ3) is 1.44. The van der Waals surface area contributed by atoms with Crippen molar-refractivity contribution in [3.05, 3.63) is 60.3 Å². The predicted octanol–water partition coefficient (Wildman–Crippen LogP) is 4.42. The Morgan fingerprint density at radius 3 is 2.44 bits per heavy atom. The molecule has 0 spiro atoms. The summed E-state index contributed by atoms with van der Waals surface area (Å²) in [6.07, 6.45) is 3.71. The molecule has 0 saturated heterocycles. The lowest BCUT2D eigenvalue weighted by atomic mass is 9.98. The van der Waals surface area contributed by atoms with Crippen LogP contribution in [0.4, 0.5) is 5.69 Å². The second-order valence-electron chi connectivity index (χ2n) is 3.64. The molecule has 1 aliphatic rings. The lowest BCUT2D eigenvalue weighted by Gasteiger charge is -2.09. The summed E-state index contributed by atoms with van der Waals surface area (Å²) in [5, 5.41) is 8.20. The van der Waals surface area contributed by atoms with Crippen LogP contribution in [0.1, 0.15) is 5.56 Å². The maximum absolute atomic E-state index is 4.18. The van der Waals surface area contributed by atoms with E-state index in [9.17, 15) is 0 Å². The average Bonchev–Trinajstić information content (AvgIpc) is 2.33. The minimum absolute atomic E-state index is 0.916. The van der Waals surface area contributed by atoms with Crippen molar-refractivity contribution in [3.8, 4) is 11.1 Å². The lowest BCUT2D eigenvalue weighted by molar-refractivity contribution is 1.23. The number of rotatable bonds is 0.